The fourth-order valence-electron chi connectivity index (χ4n) is 2.03. The van der Waals surface area contributed by atoms with Crippen LogP contribution in [0.4, 0.5) is 26.3 Å². The Morgan fingerprint density at radius 2 is 1.68 bits per heavy atom. The largest absolute Gasteiger partial charge is 0.497 e. The van der Waals surface area contributed by atoms with E-state index in [2.05, 4.69) is 0 Å². The monoisotopic (exact) mass is 370 g/mol. The van der Waals surface area contributed by atoms with Gasteiger partial charge in [0, 0.05) is 6.42 Å². The van der Waals surface area contributed by atoms with Gasteiger partial charge in [0.15, 0.2) is 17.5 Å². The lowest BCUT2D eigenvalue weighted by Crippen LogP contribution is -2.23. The van der Waals surface area contributed by atoms with Crippen LogP contribution in [0.5, 0.6) is 0 Å². The minimum Gasteiger partial charge on any atom is -0.497 e. The topological polar surface area (TPSA) is 63.6 Å². The SMILES string of the molecule is CCOC(CC)=C(C(=O)O)C(=O)c1c(C(F)(F)F)cc(F)c(F)c1F. The molecule has 0 saturated heterocycles. The molecule has 0 fully saturated rings. The Bertz CT molecular complexity index is 737. The van der Waals surface area contributed by atoms with E-state index in [4.69, 9.17) is 9.84 Å². The van der Waals surface area contributed by atoms with E-state index in [9.17, 15) is 35.9 Å². The first kappa shape index (κ1) is 20.5. The molecule has 0 aliphatic heterocycles. The Hall–Kier alpha value is -2.52. The number of rotatable bonds is 6. The lowest BCUT2D eigenvalue weighted by atomic mass is 9.95. The molecule has 1 N–H and O–H groups in total. The lowest BCUT2D eigenvalue weighted by molar-refractivity contribution is -0.138. The fourth-order valence-corrected chi connectivity index (χ4v) is 2.03. The number of benzene rings is 1. The van der Waals surface area contributed by atoms with Crippen LogP contribution < -0.4 is 0 Å². The van der Waals surface area contributed by atoms with Crippen molar-refractivity contribution < 1.29 is 45.8 Å². The lowest BCUT2D eigenvalue weighted by Gasteiger charge is -2.16. The van der Waals surface area contributed by atoms with Gasteiger partial charge in [0.1, 0.15) is 11.3 Å². The quantitative estimate of drug-likeness (QED) is 0.156. The number of aliphatic carboxylic acids is 1. The number of Topliss-reactive ketones (excluding diaryl/α,β-unsaturated/α-hetero) is 1. The van der Waals surface area contributed by atoms with Crippen molar-refractivity contribution in [1.29, 1.82) is 0 Å². The number of carbonyl (C=O) groups is 2. The van der Waals surface area contributed by atoms with Crippen LogP contribution >= 0.6 is 0 Å². The number of carbonyl (C=O) groups excluding carboxylic acids is 1. The summed E-state index contributed by atoms with van der Waals surface area (Å²) in [5.74, 6) is -11.4. The highest BCUT2D eigenvalue weighted by Gasteiger charge is 2.41. The maximum atomic E-state index is 13.9. The van der Waals surface area contributed by atoms with Crippen LogP contribution in [0, 0.1) is 17.5 Å². The van der Waals surface area contributed by atoms with Crippen molar-refractivity contribution in [3.63, 3.8) is 0 Å². The highest BCUT2D eigenvalue weighted by molar-refractivity contribution is 6.24. The molecule has 0 aliphatic carbocycles. The molecule has 1 aromatic carbocycles. The van der Waals surface area contributed by atoms with Gasteiger partial charge in [-0.2, -0.15) is 13.2 Å². The average molecular weight is 370 g/mol. The van der Waals surface area contributed by atoms with Crippen molar-refractivity contribution in [2.75, 3.05) is 6.61 Å². The predicted molar refractivity (Wildman–Crippen MR) is 72.2 cm³/mol. The second kappa shape index (κ2) is 7.58. The summed E-state index contributed by atoms with van der Waals surface area (Å²) in [5.41, 5.74) is -5.34. The number of allylic oxidation sites excluding steroid dienone is 1. The third kappa shape index (κ3) is 4.12. The van der Waals surface area contributed by atoms with Gasteiger partial charge in [0.05, 0.1) is 17.7 Å². The highest BCUT2D eigenvalue weighted by atomic mass is 19.4. The number of hydrogen-bond acceptors (Lipinski definition) is 3. The van der Waals surface area contributed by atoms with Crippen LogP contribution in [0.1, 0.15) is 36.2 Å². The number of alkyl halides is 3. The predicted octanol–water partition coefficient (Wildman–Crippen LogP) is 4.09. The van der Waals surface area contributed by atoms with E-state index in [1.165, 1.54) is 13.8 Å². The molecule has 1 rings (SSSR count). The van der Waals surface area contributed by atoms with Gasteiger partial charge in [-0.3, -0.25) is 4.79 Å². The van der Waals surface area contributed by atoms with E-state index in [-0.39, 0.29) is 13.0 Å². The van der Waals surface area contributed by atoms with Gasteiger partial charge < -0.3 is 9.84 Å². The number of halogens is 6. The van der Waals surface area contributed by atoms with Gasteiger partial charge in [0.25, 0.3) is 0 Å². The van der Waals surface area contributed by atoms with Gasteiger partial charge in [-0.05, 0) is 13.0 Å². The van der Waals surface area contributed by atoms with Crippen molar-refractivity contribution in [1.82, 2.24) is 0 Å². The molecule has 0 spiro atoms. The van der Waals surface area contributed by atoms with Crippen molar-refractivity contribution in [2.45, 2.75) is 26.4 Å². The Balaban J connectivity index is 3.82. The maximum absolute atomic E-state index is 13.9. The summed E-state index contributed by atoms with van der Waals surface area (Å²) in [5, 5.41) is 9.11. The molecule has 10 heteroatoms. The van der Waals surface area contributed by atoms with E-state index in [0.29, 0.717) is 0 Å². The van der Waals surface area contributed by atoms with Crippen LogP contribution in [0.15, 0.2) is 17.4 Å². The third-order valence-corrected chi connectivity index (χ3v) is 3.05. The molecule has 0 saturated carbocycles. The molecule has 1 aromatic rings. The van der Waals surface area contributed by atoms with E-state index in [0.717, 1.165) is 0 Å². The van der Waals surface area contributed by atoms with E-state index < -0.39 is 63.9 Å². The van der Waals surface area contributed by atoms with Crippen LogP contribution in [0.25, 0.3) is 0 Å². The Labute approximate surface area is 137 Å². The van der Waals surface area contributed by atoms with E-state index in [1.807, 2.05) is 0 Å². The van der Waals surface area contributed by atoms with Gasteiger partial charge in [-0.15, -0.1) is 0 Å². The van der Waals surface area contributed by atoms with Crippen LogP contribution in [0.3, 0.4) is 0 Å². The minimum absolute atomic E-state index is 0.125. The van der Waals surface area contributed by atoms with Crippen molar-refractivity contribution >= 4 is 11.8 Å². The average Bonchev–Trinajstić information content (AvgIpc) is 2.50. The Morgan fingerprint density at radius 1 is 1.12 bits per heavy atom. The molecule has 25 heavy (non-hydrogen) atoms. The summed E-state index contributed by atoms with van der Waals surface area (Å²) in [4.78, 5) is 23.5. The standard InChI is InChI=1S/C15H12F6O4/c1-3-8(25-4-2)10(14(23)24)13(22)9-6(15(19,20)21)5-7(16)11(17)12(9)18/h5H,3-4H2,1-2H3,(H,23,24). The molecule has 4 nitrogen and oxygen atoms in total. The van der Waals surface area contributed by atoms with Gasteiger partial charge >= 0.3 is 12.1 Å². The molecule has 0 aliphatic rings. The molecule has 0 atom stereocenters. The zero-order chi connectivity index (χ0) is 19.5. The summed E-state index contributed by atoms with van der Waals surface area (Å²) >= 11 is 0. The first-order valence-electron chi connectivity index (χ1n) is 6.85. The molecular formula is C15H12F6O4. The molecule has 0 amide bonds. The van der Waals surface area contributed by atoms with Crippen molar-refractivity contribution in [2.24, 2.45) is 0 Å². The number of carboxylic acids is 1. The molecule has 0 heterocycles. The first-order valence-corrected chi connectivity index (χ1v) is 6.85. The summed E-state index contributed by atoms with van der Waals surface area (Å²) in [6, 6.07) is -0.405. The van der Waals surface area contributed by atoms with E-state index in [1.54, 1.807) is 0 Å². The molecule has 0 radical (unpaired) electrons. The Kier molecular flexibility index (Phi) is 6.22. The number of ether oxygens (including phenoxy) is 1. The summed E-state index contributed by atoms with van der Waals surface area (Å²) in [6.07, 6.45) is -5.64. The second-order valence-corrected chi connectivity index (χ2v) is 4.63. The van der Waals surface area contributed by atoms with E-state index >= 15 is 0 Å². The van der Waals surface area contributed by atoms with Crippen molar-refractivity contribution in [3.8, 4) is 0 Å². The van der Waals surface area contributed by atoms with Crippen LogP contribution in [-0.2, 0) is 15.7 Å². The van der Waals surface area contributed by atoms with Gasteiger partial charge in [-0.1, -0.05) is 6.92 Å². The fraction of sp³-hybridized carbons (Fsp3) is 0.333. The zero-order valence-corrected chi connectivity index (χ0v) is 12.9. The van der Waals surface area contributed by atoms with Gasteiger partial charge in [-0.25, -0.2) is 18.0 Å². The van der Waals surface area contributed by atoms with Crippen molar-refractivity contribution in [3.05, 3.63) is 46.0 Å². The molecular weight excluding hydrogens is 358 g/mol. The smallest absolute Gasteiger partial charge is 0.417 e. The summed E-state index contributed by atoms with van der Waals surface area (Å²) in [7, 11) is 0. The molecule has 0 bridgehead atoms. The third-order valence-electron chi connectivity index (χ3n) is 3.05. The first-order chi connectivity index (χ1) is 11.5. The number of ketones is 1. The molecule has 0 aromatic heterocycles. The van der Waals surface area contributed by atoms with Gasteiger partial charge in [0.2, 0.25) is 5.78 Å². The van der Waals surface area contributed by atoms with Crippen LogP contribution in [0.2, 0.25) is 0 Å². The maximum Gasteiger partial charge on any atom is 0.417 e. The minimum atomic E-state index is -5.43. The molecule has 0 unspecified atom stereocenters. The zero-order valence-electron chi connectivity index (χ0n) is 12.9. The summed E-state index contributed by atoms with van der Waals surface area (Å²) < 4.78 is 84.2. The Morgan fingerprint density at radius 3 is 2.08 bits per heavy atom. The van der Waals surface area contributed by atoms with Crippen LogP contribution in [-0.4, -0.2) is 23.5 Å². The second-order valence-electron chi connectivity index (χ2n) is 4.63. The normalized spacial score (nSPS) is 12.6. The molecule has 138 valence electrons. The highest BCUT2D eigenvalue weighted by Crippen LogP contribution is 2.36. The summed E-state index contributed by atoms with van der Waals surface area (Å²) in [6.45, 7) is 2.63. The number of hydrogen-bond donors (Lipinski definition) is 1. The number of carboxylic acid groups (broad SMARTS) is 1.